The Hall–Kier alpha value is -5.81. The van der Waals surface area contributed by atoms with Crippen LogP contribution in [-0.4, -0.2) is 24.9 Å². The summed E-state index contributed by atoms with van der Waals surface area (Å²) in [6.07, 6.45) is 5.21. The summed E-state index contributed by atoms with van der Waals surface area (Å²) in [6, 6.07) is 42.4. The van der Waals surface area contributed by atoms with Crippen molar-refractivity contribution in [2.45, 2.75) is 52.4 Å². The second-order valence-corrected chi connectivity index (χ2v) is 14.8. The van der Waals surface area contributed by atoms with Crippen LogP contribution in [0.2, 0.25) is 0 Å². The van der Waals surface area contributed by atoms with E-state index < -0.39 is 0 Å². The molecule has 0 saturated carbocycles. The molecule has 0 radical (unpaired) electrons. The van der Waals surface area contributed by atoms with E-state index in [1.54, 1.807) is 18.6 Å². The Morgan fingerprint density at radius 3 is 1.32 bits per heavy atom. The molecule has 0 aliphatic heterocycles. The Balaban J connectivity index is 1.41. The van der Waals surface area contributed by atoms with E-state index in [9.17, 15) is 0 Å². The largest absolute Gasteiger partial charge is 0.261 e. The third-order valence-electron chi connectivity index (χ3n) is 8.94. The molecule has 0 saturated heterocycles. The summed E-state index contributed by atoms with van der Waals surface area (Å²) in [6.45, 7) is 13.7. The van der Waals surface area contributed by atoms with Crippen LogP contribution in [0.15, 0.2) is 140 Å². The molecule has 0 aliphatic carbocycles. The minimum absolute atomic E-state index is 0.0231. The summed E-state index contributed by atoms with van der Waals surface area (Å²) in [5.74, 6) is 1.83. The van der Waals surface area contributed by atoms with Crippen molar-refractivity contribution in [2.24, 2.45) is 0 Å². The molecule has 0 unspecified atom stereocenters. The molecular weight excluding hydrogens is 611 g/mol. The molecule has 0 aliphatic rings. The first-order valence-corrected chi connectivity index (χ1v) is 17.1. The Kier molecular flexibility index (Phi) is 8.67. The molecule has 7 aromatic rings. The standard InChI is InChI=1S/C45H41N5/c1-44(2,3)38-26-35(27-39(28-38)45(4,5)6)33-19-13-18-32(22-33)34-23-36(40-29-46-20-21-47-40)25-37(24-34)43-49-41(30-14-9-7-10-15-30)48-42(50-43)31-16-11-8-12-17-31/h7-29H,1-6H3. The van der Waals surface area contributed by atoms with Crippen molar-refractivity contribution in [3.63, 3.8) is 0 Å². The van der Waals surface area contributed by atoms with E-state index in [0.717, 1.165) is 39.1 Å². The maximum absolute atomic E-state index is 5.04. The van der Waals surface area contributed by atoms with Crippen LogP contribution in [0.5, 0.6) is 0 Å². The van der Waals surface area contributed by atoms with Crippen molar-refractivity contribution in [1.82, 2.24) is 24.9 Å². The van der Waals surface area contributed by atoms with E-state index in [4.69, 9.17) is 15.0 Å². The van der Waals surface area contributed by atoms with Gasteiger partial charge in [0.1, 0.15) is 0 Å². The maximum Gasteiger partial charge on any atom is 0.164 e. The van der Waals surface area contributed by atoms with Crippen molar-refractivity contribution in [3.8, 4) is 67.7 Å². The van der Waals surface area contributed by atoms with Crippen molar-refractivity contribution >= 4 is 0 Å². The minimum Gasteiger partial charge on any atom is -0.261 e. The zero-order chi connectivity index (χ0) is 34.9. The summed E-state index contributed by atoms with van der Waals surface area (Å²) in [7, 11) is 0. The van der Waals surface area contributed by atoms with Gasteiger partial charge in [0.05, 0.1) is 11.9 Å². The fraction of sp³-hybridized carbons (Fsp3) is 0.178. The van der Waals surface area contributed by atoms with Gasteiger partial charge in [-0.3, -0.25) is 9.97 Å². The Morgan fingerprint density at radius 2 is 0.820 bits per heavy atom. The summed E-state index contributed by atoms with van der Waals surface area (Å²) < 4.78 is 0. The molecule has 0 atom stereocenters. The van der Waals surface area contributed by atoms with Crippen LogP contribution in [0.4, 0.5) is 0 Å². The van der Waals surface area contributed by atoms with Crippen molar-refractivity contribution in [3.05, 3.63) is 151 Å². The second kappa shape index (κ2) is 13.2. The van der Waals surface area contributed by atoms with Gasteiger partial charge in [-0.15, -0.1) is 0 Å². The fourth-order valence-electron chi connectivity index (χ4n) is 6.00. The number of benzene rings is 5. The van der Waals surface area contributed by atoms with Gasteiger partial charge >= 0.3 is 0 Å². The van der Waals surface area contributed by atoms with Gasteiger partial charge in [0.25, 0.3) is 0 Å². The lowest BCUT2D eigenvalue weighted by molar-refractivity contribution is 0.569. The molecule has 0 bridgehead atoms. The van der Waals surface area contributed by atoms with E-state index in [2.05, 4.69) is 112 Å². The molecule has 2 heterocycles. The lowest BCUT2D eigenvalue weighted by Crippen LogP contribution is -2.16. The Labute approximate surface area is 295 Å². The lowest BCUT2D eigenvalue weighted by Gasteiger charge is -2.26. The van der Waals surface area contributed by atoms with Gasteiger partial charge in [-0.25, -0.2) is 15.0 Å². The van der Waals surface area contributed by atoms with E-state index in [1.807, 2.05) is 60.7 Å². The Bertz CT molecular complexity index is 2180. The molecule has 0 spiro atoms. The maximum atomic E-state index is 5.04. The smallest absolute Gasteiger partial charge is 0.164 e. The summed E-state index contributed by atoms with van der Waals surface area (Å²) in [4.78, 5) is 24.0. The normalized spacial score (nSPS) is 11.8. The third kappa shape index (κ3) is 7.13. The topological polar surface area (TPSA) is 64.5 Å². The van der Waals surface area contributed by atoms with Crippen LogP contribution in [0.25, 0.3) is 67.7 Å². The molecule has 0 N–H and O–H groups in total. The van der Waals surface area contributed by atoms with Gasteiger partial charge in [0.15, 0.2) is 17.5 Å². The van der Waals surface area contributed by atoms with Crippen LogP contribution in [-0.2, 0) is 10.8 Å². The number of nitrogens with zero attached hydrogens (tertiary/aromatic N) is 5. The highest BCUT2D eigenvalue weighted by Gasteiger charge is 2.21. The molecule has 7 rings (SSSR count). The first kappa shape index (κ1) is 32.7. The predicted molar refractivity (Wildman–Crippen MR) is 205 cm³/mol. The molecule has 5 aromatic carbocycles. The zero-order valence-corrected chi connectivity index (χ0v) is 29.5. The SMILES string of the molecule is CC(C)(C)c1cc(-c2cccc(-c3cc(-c4cnccn4)cc(-c4nc(-c5ccccc5)nc(-c5ccccc5)n4)c3)c2)cc(C(C)(C)C)c1. The lowest BCUT2D eigenvalue weighted by atomic mass is 9.79. The van der Waals surface area contributed by atoms with Gasteiger partial charge in [0.2, 0.25) is 0 Å². The predicted octanol–water partition coefficient (Wildman–Crippen LogP) is 11.3. The summed E-state index contributed by atoms with van der Waals surface area (Å²) in [5.41, 5.74) is 11.7. The van der Waals surface area contributed by atoms with Gasteiger partial charge in [-0.1, -0.05) is 139 Å². The molecule has 50 heavy (non-hydrogen) atoms. The van der Waals surface area contributed by atoms with Crippen LogP contribution in [0, 0.1) is 0 Å². The van der Waals surface area contributed by atoms with Crippen LogP contribution in [0.3, 0.4) is 0 Å². The van der Waals surface area contributed by atoms with Gasteiger partial charge in [-0.2, -0.15) is 0 Å². The second-order valence-electron chi connectivity index (χ2n) is 14.8. The highest BCUT2D eigenvalue weighted by molar-refractivity contribution is 5.81. The van der Waals surface area contributed by atoms with Crippen LogP contribution < -0.4 is 0 Å². The summed E-state index contributed by atoms with van der Waals surface area (Å²) in [5, 5.41) is 0. The quantitative estimate of drug-likeness (QED) is 0.179. The van der Waals surface area contributed by atoms with E-state index in [0.29, 0.717) is 17.5 Å². The van der Waals surface area contributed by atoms with Crippen molar-refractivity contribution in [2.75, 3.05) is 0 Å². The van der Waals surface area contributed by atoms with Gasteiger partial charge < -0.3 is 0 Å². The third-order valence-corrected chi connectivity index (χ3v) is 8.94. The van der Waals surface area contributed by atoms with Crippen LogP contribution >= 0.6 is 0 Å². The zero-order valence-electron chi connectivity index (χ0n) is 29.5. The number of hydrogen-bond donors (Lipinski definition) is 0. The van der Waals surface area contributed by atoms with Crippen LogP contribution in [0.1, 0.15) is 52.7 Å². The van der Waals surface area contributed by atoms with Gasteiger partial charge in [-0.05, 0) is 68.5 Å². The number of aromatic nitrogens is 5. The summed E-state index contributed by atoms with van der Waals surface area (Å²) >= 11 is 0. The average molecular weight is 652 g/mol. The molecular formula is C45H41N5. The minimum atomic E-state index is 0.0231. The monoisotopic (exact) mass is 651 g/mol. The van der Waals surface area contributed by atoms with Crippen molar-refractivity contribution < 1.29 is 0 Å². The first-order chi connectivity index (χ1) is 24.0. The molecule has 246 valence electrons. The molecule has 2 aromatic heterocycles. The van der Waals surface area contributed by atoms with E-state index in [-0.39, 0.29) is 10.8 Å². The van der Waals surface area contributed by atoms with E-state index >= 15 is 0 Å². The Morgan fingerprint density at radius 1 is 0.380 bits per heavy atom. The molecule has 5 nitrogen and oxygen atoms in total. The highest BCUT2D eigenvalue weighted by atomic mass is 15.0. The van der Waals surface area contributed by atoms with E-state index in [1.165, 1.54) is 22.3 Å². The highest BCUT2D eigenvalue weighted by Crippen LogP contribution is 2.37. The molecule has 5 heteroatoms. The average Bonchev–Trinajstić information content (AvgIpc) is 3.14. The molecule has 0 amide bonds. The number of rotatable bonds is 6. The number of hydrogen-bond acceptors (Lipinski definition) is 5. The van der Waals surface area contributed by atoms with Gasteiger partial charge in [0, 0.05) is 34.6 Å². The first-order valence-electron chi connectivity index (χ1n) is 17.1. The fourth-order valence-corrected chi connectivity index (χ4v) is 6.00. The molecule has 0 fully saturated rings. The van der Waals surface area contributed by atoms with Crippen molar-refractivity contribution in [1.29, 1.82) is 0 Å².